The standard InChI is InChI=1S/C24H25N3O3S2/c1-14-8-9-19(15(2)11-14)27-23(29)21-16(3)17(4)32-22(21)25-24(27)31-13-20(28)26(5)12-18-7-6-10-30-18/h6-11H,12-13H2,1-5H3. The van der Waals surface area contributed by atoms with Crippen molar-refractivity contribution in [3.8, 4) is 5.69 Å². The Balaban J connectivity index is 1.72. The molecule has 0 fully saturated rings. The molecule has 6 nitrogen and oxygen atoms in total. The number of rotatable bonds is 6. The molecule has 32 heavy (non-hydrogen) atoms. The summed E-state index contributed by atoms with van der Waals surface area (Å²) >= 11 is 2.80. The fourth-order valence-corrected chi connectivity index (χ4v) is 5.62. The van der Waals surface area contributed by atoms with Gasteiger partial charge in [-0.3, -0.25) is 14.2 Å². The zero-order chi connectivity index (χ0) is 23.0. The molecule has 0 atom stereocenters. The Bertz CT molecular complexity index is 1350. The van der Waals surface area contributed by atoms with Crippen LogP contribution in [0.4, 0.5) is 0 Å². The minimum Gasteiger partial charge on any atom is -0.467 e. The number of aryl methyl sites for hydroxylation is 4. The van der Waals surface area contributed by atoms with Crippen LogP contribution in [-0.2, 0) is 11.3 Å². The highest BCUT2D eigenvalue weighted by atomic mass is 32.2. The largest absolute Gasteiger partial charge is 0.467 e. The van der Waals surface area contributed by atoms with Gasteiger partial charge in [-0.2, -0.15) is 0 Å². The minimum atomic E-state index is -0.0947. The quantitative estimate of drug-likeness (QED) is 0.294. The van der Waals surface area contributed by atoms with Gasteiger partial charge in [0, 0.05) is 11.9 Å². The number of aromatic nitrogens is 2. The van der Waals surface area contributed by atoms with Crippen LogP contribution < -0.4 is 5.56 Å². The molecular formula is C24H25N3O3S2. The fourth-order valence-electron chi connectivity index (χ4n) is 3.60. The van der Waals surface area contributed by atoms with Crippen molar-refractivity contribution in [1.82, 2.24) is 14.5 Å². The molecule has 0 aliphatic rings. The van der Waals surface area contributed by atoms with E-state index in [1.807, 2.05) is 45.9 Å². The summed E-state index contributed by atoms with van der Waals surface area (Å²) in [6, 6.07) is 9.62. The smallest absolute Gasteiger partial charge is 0.267 e. The Morgan fingerprint density at radius 3 is 2.69 bits per heavy atom. The number of nitrogens with zero attached hydrogens (tertiary/aromatic N) is 3. The van der Waals surface area contributed by atoms with Crippen LogP contribution in [-0.4, -0.2) is 33.2 Å². The third-order valence-corrected chi connectivity index (χ3v) is 7.51. The third-order valence-electron chi connectivity index (χ3n) is 5.49. The Hall–Kier alpha value is -2.84. The van der Waals surface area contributed by atoms with Gasteiger partial charge >= 0.3 is 0 Å². The Labute approximate surface area is 194 Å². The molecular weight excluding hydrogens is 442 g/mol. The van der Waals surface area contributed by atoms with Crippen molar-refractivity contribution in [2.75, 3.05) is 12.8 Å². The Morgan fingerprint density at radius 2 is 2.00 bits per heavy atom. The molecule has 0 radical (unpaired) electrons. The van der Waals surface area contributed by atoms with Crippen molar-refractivity contribution in [3.05, 3.63) is 74.3 Å². The van der Waals surface area contributed by atoms with Crippen LogP contribution in [0.1, 0.15) is 27.3 Å². The Kier molecular flexibility index (Phi) is 6.26. The van der Waals surface area contributed by atoms with Crippen molar-refractivity contribution in [2.45, 2.75) is 39.4 Å². The average molecular weight is 468 g/mol. The molecule has 1 amide bonds. The van der Waals surface area contributed by atoms with E-state index in [0.29, 0.717) is 21.9 Å². The number of hydrogen-bond acceptors (Lipinski definition) is 6. The normalized spacial score (nSPS) is 11.3. The van der Waals surface area contributed by atoms with Gasteiger partial charge in [0.2, 0.25) is 5.91 Å². The van der Waals surface area contributed by atoms with Gasteiger partial charge in [0.05, 0.1) is 29.6 Å². The molecule has 0 bridgehead atoms. The third kappa shape index (κ3) is 4.25. The number of carbonyl (C=O) groups excluding carboxylic acids is 1. The zero-order valence-electron chi connectivity index (χ0n) is 18.8. The van der Waals surface area contributed by atoms with E-state index >= 15 is 0 Å². The average Bonchev–Trinajstić information content (AvgIpc) is 3.35. The first-order valence-electron chi connectivity index (χ1n) is 10.3. The van der Waals surface area contributed by atoms with E-state index in [-0.39, 0.29) is 17.2 Å². The molecule has 8 heteroatoms. The molecule has 4 aromatic rings. The van der Waals surface area contributed by atoms with Crippen molar-refractivity contribution >= 4 is 39.2 Å². The number of thioether (sulfide) groups is 1. The van der Waals surface area contributed by atoms with Gasteiger partial charge in [0.1, 0.15) is 10.6 Å². The van der Waals surface area contributed by atoms with Gasteiger partial charge in [0.25, 0.3) is 5.56 Å². The fraction of sp³-hybridized carbons (Fsp3) is 0.292. The van der Waals surface area contributed by atoms with Crippen LogP contribution in [0.25, 0.3) is 15.9 Å². The molecule has 4 rings (SSSR count). The van der Waals surface area contributed by atoms with E-state index in [4.69, 9.17) is 9.40 Å². The van der Waals surface area contributed by atoms with Crippen molar-refractivity contribution in [1.29, 1.82) is 0 Å². The summed E-state index contributed by atoms with van der Waals surface area (Å²) in [6.45, 7) is 8.37. The van der Waals surface area contributed by atoms with Gasteiger partial charge in [-0.05, 0) is 57.0 Å². The maximum atomic E-state index is 13.6. The molecule has 0 aliphatic carbocycles. The van der Waals surface area contributed by atoms with Gasteiger partial charge in [-0.25, -0.2) is 4.98 Å². The molecule has 0 unspecified atom stereocenters. The first kappa shape index (κ1) is 22.4. The predicted molar refractivity (Wildman–Crippen MR) is 130 cm³/mol. The summed E-state index contributed by atoms with van der Waals surface area (Å²) in [4.78, 5) is 34.6. The first-order chi connectivity index (χ1) is 15.3. The molecule has 0 aliphatic heterocycles. The highest BCUT2D eigenvalue weighted by Gasteiger charge is 2.20. The summed E-state index contributed by atoms with van der Waals surface area (Å²) in [5, 5.41) is 1.17. The van der Waals surface area contributed by atoms with Gasteiger partial charge in [-0.15, -0.1) is 11.3 Å². The van der Waals surface area contributed by atoms with E-state index in [2.05, 4.69) is 6.07 Å². The van der Waals surface area contributed by atoms with E-state index in [1.165, 1.54) is 23.1 Å². The predicted octanol–water partition coefficient (Wildman–Crippen LogP) is 5.02. The number of benzene rings is 1. The van der Waals surface area contributed by atoms with Crippen LogP contribution in [0.15, 0.2) is 51.0 Å². The molecule has 166 valence electrons. The van der Waals surface area contributed by atoms with Crippen LogP contribution in [0, 0.1) is 27.7 Å². The molecule has 0 spiro atoms. The van der Waals surface area contributed by atoms with Crippen LogP contribution in [0.5, 0.6) is 0 Å². The zero-order valence-corrected chi connectivity index (χ0v) is 20.4. The van der Waals surface area contributed by atoms with Gasteiger partial charge in [-0.1, -0.05) is 29.5 Å². The summed E-state index contributed by atoms with van der Waals surface area (Å²) in [5.74, 6) is 0.831. The number of carbonyl (C=O) groups is 1. The number of thiophene rings is 1. The van der Waals surface area contributed by atoms with Crippen LogP contribution in [0.3, 0.4) is 0 Å². The van der Waals surface area contributed by atoms with Crippen LogP contribution in [0.2, 0.25) is 0 Å². The first-order valence-corrected chi connectivity index (χ1v) is 12.1. The Morgan fingerprint density at radius 1 is 1.22 bits per heavy atom. The van der Waals surface area contributed by atoms with Gasteiger partial charge in [0.15, 0.2) is 5.16 Å². The second-order valence-electron chi connectivity index (χ2n) is 7.91. The lowest BCUT2D eigenvalue weighted by Gasteiger charge is -2.17. The number of amides is 1. The molecule has 3 aromatic heterocycles. The molecule has 0 saturated carbocycles. The topological polar surface area (TPSA) is 68.3 Å². The minimum absolute atomic E-state index is 0.0635. The van der Waals surface area contributed by atoms with E-state index in [1.54, 1.807) is 28.8 Å². The summed E-state index contributed by atoms with van der Waals surface area (Å²) in [6.07, 6.45) is 1.59. The van der Waals surface area contributed by atoms with Gasteiger partial charge < -0.3 is 9.32 Å². The van der Waals surface area contributed by atoms with Crippen molar-refractivity contribution in [3.63, 3.8) is 0 Å². The maximum Gasteiger partial charge on any atom is 0.267 e. The SMILES string of the molecule is Cc1ccc(-n2c(SCC(=O)N(C)Cc3ccco3)nc3sc(C)c(C)c3c2=O)c(C)c1. The van der Waals surface area contributed by atoms with Crippen LogP contribution >= 0.6 is 23.1 Å². The second-order valence-corrected chi connectivity index (χ2v) is 10.1. The lowest BCUT2D eigenvalue weighted by atomic mass is 10.1. The molecule has 3 heterocycles. The van der Waals surface area contributed by atoms with E-state index < -0.39 is 0 Å². The highest BCUT2D eigenvalue weighted by molar-refractivity contribution is 7.99. The molecule has 0 N–H and O–H groups in total. The highest BCUT2D eigenvalue weighted by Crippen LogP contribution is 2.30. The molecule has 1 aromatic carbocycles. The summed E-state index contributed by atoms with van der Waals surface area (Å²) in [5.41, 5.74) is 3.77. The maximum absolute atomic E-state index is 13.6. The molecule has 0 saturated heterocycles. The summed E-state index contributed by atoms with van der Waals surface area (Å²) < 4.78 is 6.99. The van der Waals surface area contributed by atoms with Crippen molar-refractivity contribution < 1.29 is 9.21 Å². The van der Waals surface area contributed by atoms with Crippen molar-refractivity contribution in [2.24, 2.45) is 0 Å². The number of fused-ring (bicyclic) bond motifs is 1. The lowest BCUT2D eigenvalue weighted by Crippen LogP contribution is -2.28. The number of hydrogen-bond donors (Lipinski definition) is 0. The van der Waals surface area contributed by atoms with E-state index in [0.717, 1.165) is 33.0 Å². The lowest BCUT2D eigenvalue weighted by molar-refractivity contribution is -0.127. The monoisotopic (exact) mass is 467 g/mol. The van der Waals surface area contributed by atoms with E-state index in [9.17, 15) is 9.59 Å². The summed E-state index contributed by atoms with van der Waals surface area (Å²) in [7, 11) is 1.74. The number of furan rings is 1. The second kappa shape index (κ2) is 8.96.